The molecule has 2 aromatic rings. The Morgan fingerprint density at radius 1 is 1.43 bits per heavy atom. The third-order valence-corrected chi connectivity index (χ3v) is 2.56. The summed E-state index contributed by atoms with van der Waals surface area (Å²) in [5.74, 6) is -1.81. The Kier molecular flexibility index (Phi) is 3.61. The zero-order valence-corrected chi connectivity index (χ0v) is 10.7. The summed E-state index contributed by atoms with van der Waals surface area (Å²) in [6.07, 6.45) is 1.12. The summed E-state index contributed by atoms with van der Waals surface area (Å²) in [5.41, 5.74) is 4.70. The number of nitro groups is 1. The molecule has 1 heterocycles. The Morgan fingerprint density at radius 2 is 2.14 bits per heavy atom. The molecule has 108 valence electrons. The van der Waals surface area contributed by atoms with E-state index >= 15 is 0 Å². The summed E-state index contributed by atoms with van der Waals surface area (Å²) < 4.78 is 5.48. The fraction of sp³-hybridized carbons (Fsp3) is 0.0909. The lowest BCUT2D eigenvalue weighted by Gasteiger charge is -2.03. The molecule has 0 saturated heterocycles. The van der Waals surface area contributed by atoms with Crippen LogP contribution in [0.1, 0.15) is 21.0 Å². The molecule has 0 saturated carbocycles. The monoisotopic (exact) mass is 291 g/mol. The predicted molar refractivity (Wildman–Crippen MR) is 67.9 cm³/mol. The van der Waals surface area contributed by atoms with E-state index in [9.17, 15) is 19.7 Å². The normalized spacial score (nSPS) is 10.1. The summed E-state index contributed by atoms with van der Waals surface area (Å²) in [6.45, 7) is 0. The van der Waals surface area contributed by atoms with Gasteiger partial charge in [0.25, 0.3) is 11.5 Å². The molecule has 0 aliphatic heterocycles. The van der Waals surface area contributed by atoms with E-state index < -0.39 is 22.5 Å². The third kappa shape index (κ3) is 2.68. The summed E-state index contributed by atoms with van der Waals surface area (Å²) in [4.78, 5) is 36.4. The highest BCUT2D eigenvalue weighted by atomic mass is 16.6. The average Bonchev–Trinajstić information content (AvgIpc) is 2.95. The van der Waals surface area contributed by atoms with Gasteiger partial charge in [-0.05, 0) is 12.1 Å². The van der Waals surface area contributed by atoms with Crippen LogP contribution in [0.15, 0.2) is 24.5 Å². The molecule has 1 amide bonds. The van der Waals surface area contributed by atoms with Gasteiger partial charge in [0.2, 0.25) is 5.91 Å². The van der Waals surface area contributed by atoms with Gasteiger partial charge in [-0.25, -0.2) is 14.5 Å². The largest absolute Gasteiger partial charge is 0.463 e. The second-order valence-electron chi connectivity index (χ2n) is 3.83. The van der Waals surface area contributed by atoms with Crippen molar-refractivity contribution < 1.29 is 19.2 Å². The molecular weight excluding hydrogens is 282 g/mol. The molecule has 2 N–H and O–H groups in total. The molecule has 10 nitrogen and oxygen atoms in total. The molecular formula is C11H9N5O5. The molecule has 0 radical (unpaired) electrons. The van der Waals surface area contributed by atoms with Gasteiger partial charge < -0.3 is 10.5 Å². The number of ether oxygens (including phenoxy) is 1. The van der Waals surface area contributed by atoms with E-state index in [1.807, 2.05) is 0 Å². The number of nitrogens with two attached hydrogens (primary N) is 1. The first-order chi connectivity index (χ1) is 9.93. The number of nitro benzene ring substituents is 1. The number of aromatic nitrogens is 3. The summed E-state index contributed by atoms with van der Waals surface area (Å²) >= 11 is 0. The molecule has 0 unspecified atom stereocenters. The van der Waals surface area contributed by atoms with Crippen LogP contribution in [0.25, 0.3) is 5.69 Å². The van der Waals surface area contributed by atoms with Gasteiger partial charge >= 0.3 is 5.97 Å². The first kappa shape index (κ1) is 14.1. The fourth-order valence-electron chi connectivity index (χ4n) is 1.58. The van der Waals surface area contributed by atoms with Crippen LogP contribution in [0.2, 0.25) is 0 Å². The first-order valence-electron chi connectivity index (χ1n) is 5.52. The van der Waals surface area contributed by atoms with Crippen LogP contribution in [0.5, 0.6) is 0 Å². The molecule has 0 bridgehead atoms. The standard InChI is InChI=1S/C11H9N5O5/c1-21-11(18)10-13-5-15(14-10)7-3-2-6(9(12)17)4-8(7)16(19)20/h2-5H,1H3,(H2,12,17). The molecule has 2 rings (SSSR count). The average molecular weight is 291 g/mol. The van der Waals surface area contributed by atoms with E-state index in [2.05, 4.69) is 14.8 Å². The molecule has 0 aliphatic carbocycles. The Bertz CT molecular complexity index is 738. The van der Waals surface area contributed by atoms with Gasteiger partial charge in [-0.15, -0.1) is 5.10 Å². The van der Waals surface area contributed by atoms with Crippen LogP contribution >= 0.6 is 0 Å². The maximum absolute atomic E-state index is 11.3. The molecule has 0 aliphatic rings. The fourth-order valence-corrected chi connectivity index (χ4v) is 1.58. The third-order valence-electron chi connectivity index (χ3n) is 2.56. The van der Waals surface area contributed by atoms with Gasteiger partial charge in [-0.3, -0.25) is 14.9 Å². The van der Waals surface area contributed by atoms with E-state index in [1.54, 1.807) is 0 Å². The van der Waals surface area contributed by atoms with Crippen LogP contribution in [-0.4, -0.2) is 38.7 Å². The number of carbonyl (C=O) groups is 2. The Balaban J connectivity index is 2.53. The second kappa shape index (κ2) is 5.36. The van der Waals surface area contributed by atoms with Crippen molar-refractivity contribution >= 4 is 17.6 Å². The van der Waals surface area contributed by atoms with Crippen molar-refractivity contribution in [1.29, 1.82) is 0 Å². The van der Waals surface area contributed by atoms with Gasteiger partial charge in [0, 0.05) is 11.6 Å². The number of hydrogen-bond acceptors (Lipinski definition) is 7. The van der Waals surface area contributed by atoms with E-state index in [1.165, 1.54) is 12.1 Å². The van der Waals surface area contributed by atoms with E-state index in [0.29, 0.717) is 0 Å². The number of esters is 1. The van der Waals surface area contributed by atoms with Crippen LogP contribution < -0.4 is 5.73 Å². The van der Waals surface area contributed by atoms with Crippen molar-refractivity contribution in [2.45, 2.75) is 0 Å². The lowest BCUT2D eigenvalue weighted by molar-refractivity contribution is -0.384. The van der Waals surface area contributed by atoms with Crippen LogP contribution in [0.3, 0.4) is 0 Å². The maximum Gasteiger partial charge on any atom is 0.377 e. The van der Waals surface area contributed by atoms with Crippen molar-refractivity contribution in [2.75, 3.05) is 7.11 Å². The quantitative estimate of drug-likeness (QED) is 0.476. The number of hydrogen-bond donors (Lipinski definition) is 1. The zero-order valence-electron chi connectivity index (χ0n) is 10.7. The van der Waals surface area contributed by atoms with E-state index in [4.69, 9.17) is 5.73 Å². The van der Waals surface area contributed by atoms with Gasteiger partial charge in [0.1, 0.15) is 12.0 Å². The Morgan fingerprint density at radius 3 is 2.71 bits per heavy atom. The number of rotatable bonds is 4. The summed E-state index contributed by atoms with van der Waals surface area (Å²) in [6, 6.07) is 3.62. The first-order valence-corrected chi connectivity index (χ1v) is 5.52. The minimum Gasteiger partial charge on any atom is -0.463 e. The highest BCUT2D eigenvalue weighted by molar-refractivity contribution is 5.94. The van der Waals surface area contributed by atoms with Gasteiger partial charge in [-0.2, -0.15) is 0 Å². The molecule has 10 heteroatoms. The van der Waals surface area contributed by atoms with Crippen LogP contribution in [0, 0.1) is 10.1 Å². The van der Waals surface area contributed by atoms with Gasteiger partial charge in [0.05, 0.1) is 12.0 Å². The van der Waals surface area contributed by atoms with Crippen molar-refractivity contribution in [2.24, 2.45) is 5.73 Å². The van der Waals surface area contributed by atoms with Crippen molar-refractivity contribution in [3.05, 3.63) is 46.0 Å². The van der Waals surface area contributed by atoms with E-state index in [-0.39, 0.29) is 17.1 Å². The summed E-state index contributed by atoms with van der Waals surface area (Å²) in [5, 5.41) is 14.8. The Hall–Kier alpha value is -3.30. The number of benzene rings is 1. The highest BCUT2D eigenvalue weighted by Gasteiger charge is 2.20. The lowest BCUT2D eigenvalue weighted by atomic mass is 10.1. The SMILES string of the molecule is COC(=O)c1ncn(-c2ccc(C(N)=O)cc2[N+](=O)[O-])n1. The molecule has 21 heavy (non-hydrogen) atoms. The van der Waals surface area contributed by atoms with Crippen molar-refractivity contribution in [3.8, 4) is 5.69 Å². The highest BCUT2D eigenvalue weighted by Crippen LogP contribution is 2.23. The number of carbonyl (C=O) groups excluding carboxylic acids is 2. The molecule has 1 aromatic heterocycles. The van der Waals surface area contributed by atoms with E-state index in [0.717, 1.165) is 24.2 Å². The van der Waals surface area contributed by atoms with Gasteiger partial charge in [0.15, 0.2) is 0 Å². The van der Waals surface area contributed by atoms with Crippen molar-refractivity contribution in [1.82, 2.24) is 14.8 Å². The van der Waals surface area contributed by atoms with Crippen molar-refractivity contribution in [3.63, 3.8) is 0 Å². The number of methoxy groups -OCH3 is 1. The minimum absolute atomic E-state index is 0.0150. The molecule has 0 fully saturated rings. The number of nitrogens with zero attached hydrogens (tertiary/aromatic N) is 4. The molecule has 0 atom stereocenters. The van der Waals surface area contributed by atoms with Crippen LogP contribution in [0.4, 0.5) is 5.69 Å². The number of amides is 1. The smallest absolute Gasteiger partial charge is 0.377 e. The minimum atomic E-state index is -0.793. The topological polar surface area (TPSA) is 143 Å². The Labute approximate surface area is 117 Å². The predicted octanol–water partition coefficient (Wildman–Crippen LogP) is 0.0610. The maximum atomic E-state index is 11.3. The molecule has 1 aromatic carbocycles. The lowest BCUT2D eigenvalue weighted by Crippen LogP contribution is -2.12. The van der Waals surface area contributed by atoms with Crippen LogP contribution in [-0.2, 0) is 4.74 Å². The number of primary amides is 1. The summed E-state index contributed by atoms with van der Waals surface area (Å²) in [7, 11) is 1.16. The zero-order chi connectivity index (χ0) is 15.6. The van der Waals surface area contributed by atoms with Gasteiger partial charge in [-0.1, -0.05) is 0 Å². The second-order valence-corrected chi connectivity index (χ2v) is 3.83. The molecule has 0 spiro atoms.